The summed E-state index contributed by atoms with van der Waals surface area (Å²) in [5.41, 5.74) is 2.94. The zero-order valence-electron chi connectivity index (χ0n) is 12.0. The molecule has 1 aliphatic heterocycles. The van der Waals surface area contributed by atoms with Crippen molar-refractivity contribution in [2.24, 2.45) is 7.05 Å². The molecule has 110 valence electrons. The molecular weight excluding hydrogens is 268 g/mol. The first kappa shape index (κ1) is 13.8. The van der Waals surface area contributed by atoms with Crippen LogP contribution in [0.15, 0.2) is 30.7 Å². The molecule has 6 heteroatoms. The first-order chi connectivity index (χ1) is 10.2. The smallest absolute Gasteiger partial charge is 0.249 e. The molecule has 1 aliphatic rings. The van der Waals surface area contributed by atoms with Crippen molar-refractivity contribution in [2.45, 2.75) is 25.5 Å². The number of carbonyl (C=O) groups excluding carboxylic acids is 1. The second-order valence-electron chi connectivity index (χ2n) is 5.14. The number of nitrogens with zero attached hydrogens (tertiary/aromatic N) is 3. The Morgan fingerprint density at radius 2 is 2.43 bits per heavy atom. The zero-order valence-corrected chi connectivity index (χ0v) is 12.0. The van der Waals surface area contributed by atoms with Crippen molar-refractivity contribution in [3.8, 4) is 11.3 Å². The lowest BCUT2D eigenvalue weighted by atomic mass is 10.1. The van der Waals surface area contributed by atoms with Gasteiger partial charge in [0.15, 0.2) is 0 Å². The van der Waals surface area contributed by atoms with Crippen LogP contribution in [0.25, 0.3) is 11.3 Å². The van der Waals surface area contributed by atoms with Crippen LogP contribution in [0.4, 0.5) is 0 Å². The van der Waals surface area contributed by atoms with Gasteiger partial charge >= 0.3 is 0 Å². The molecule has 0 radical (unpaired) electrons. The van der Waals surface area contributed by atoms with Gasteiger partial charge in [0.25, 0.3) is 0 Å². The molecule has 3 rings (SSSR count). The van der Waals surface area contributed by atoms with E-state index in [0.717, 1.165) is 29.7 Å². The summed E-state index contributed by atoms with van der Waals surface area (Å²) >= 11 is 0. The highest BCUT2D eigenvalue weighted by Crippen LogP contribution is 2.18. The van der Waals surface area contributed by atoms with Gasteiger partial charge in [0.1, 0.15) is 6.10 Å². The van der Waals surface area contributed by atoms with Crippen LogP contribution in [0.3, 0.4) is 0 Å². The molecule has 1 unspecified atom stereocenters. The third-order valence-corrected chi connectivity index (χ3v) is 3.60. The van der Waals surface area contributed by atoms with Gasteiger partial charge < -0.3 is 10.1 Å². The second kappa shape index (κ2) is 6.05. The molecule has 0 spiro atoms. The number of hydrogen-bond acceptors (Lipinski definition) is 4. The predicted octanol–water partition coefficient (Wildman–Crippen LogP) is 1.28. The molecule has 3 heterocycles. The second-order valence-corrected chi connectivity index (χ2v) is 5.14. The van der Waals surface area contributed by atoms with E-state index in [9.17, 15) is 4.79 Å². The molecule has 1 atom stereocenters. The van der Waals surface area contributed by atoms with Gasteiger partial charge in [0, 0.05) is 44.4 Å². The first-order valence-corrected chi connectivity index (χ1v) is 7.05. The SMILES string of the molecule is Cn1nccc1-c1cncc(CNC(=O)C2CCCO2)c1. The number of rotatable bonds is 4. The van der Waals surface area contributed by atoms with E-state index in [2.05, 4.69) is 15.4 Å². The summed E-state index contributed by atoms with van der Waals surface area (Å²) in [7, 11) is 1.89. The van der Waals surface area contributed by atoms with E-state index in [1.54, 1.807) is 23.3 Å². The Balaban J connectivity index is 1.66. The van der Waals surface area contributed by atoms with E-state index < -0.39 is 0 Å². The summed E-state index contributed by atoms with van der Waals surface area (Å²) in [6.07, 6.45) is 6.77. The highest BCUT2D eigenvalue weighted by molar-refractivity contribution is 5.80. The average molecular weight is 286 g/mol. The standard InChI is InChI=1S/C15H18N4O2/c1-19-13(4-5-18-19)12-7-11(8-16-10-12)9-17-15(20)14-3-2-6-21-14/h4-5,7-8,10,14H,2-3,6,9H2,1H3,(H,17,20). The van der Waals surface area contributed by atoms with Crippen LogP contribution >= 0.6 is 0 Å². The minimum absolute atomic E-state index is 0.0431. The van der Waals surface area contributed by atoms with E-state index in [0.29, 0.717) is 13.2 Å². The van der Waals surface area contributed by atoms with Gasteiger partial charge in [-0.15, -0.1) is 0 Å². The maximum absolute atomic E-state index is 11.9. The van der Waals surface area contributed by atoms with Crippen LogP contribution in [-0.4, -0.2) is 33.4 Å². The lowest BCUT2D eigenvalue weighted by Gasteiger charge is -2.11. The van der Waals surface area contributed by atoms with Crippen molar-refractivity contribution in [1.82, 2.24) is 20.1 Å². The lowest BCUT2D eigenvalue weighted by molar-refractivity contribution is -0.130. The predicted molar refractivity (Wildman–Crippen MR) is 77.3 cm³/mol. The number of nitrogens with one attached hydrogen (secondary N) is 1. The van der Waals surface area contributed by atoms with Crippen LogP contribution in [0.5, 0.6) is 0 Å². The summed E-state index contributed by atoms with van der Waals surface area (Å²) in [5.74, 6) is -0.0431. The van der Waals surface area contributed by atoms with Crippen molar-refractivity contribution >= 4 is 5.91 Å². The molecule has 6 nitrogen and oxygen atoms in total. The van der Waals surface area contributed by atoms with Gasteiger partial charge in [0.2, 0.25) is 5.91 Å². The van der Waals surface area contributed by atoms with Gasteiger partial charge in [-0.1, -0.05) is 0 Å². The molecule has 1 N–H and O–H groups in total. The van der Waals surface area contributed by atoms with Crippen LogP contribution in [0, 0.1) is 0 Å². The number of hydrogen-bond donors (Lipinski definition) is 1. The van der Waals surface area contributed by atoms with Gasteiger partial charge in [-0.05, 0) is 30.5 Å². The molecule has 1 amide bonds. The third-order valence-electron chi connectivity index (χ3n) is 3.60. The summed E-state index contributed by atoms with van der Waals surface area (Å²) < 4.78 is 7.16. The van der Waals surface area contributed by atoms with Crippen LogP contribution in [-0.2, 0) is 23.1 Å². The molecule has 21 heavy (non-hydrogen) atoms. The van der Waals surface area contributed by atoms with Crippen molar-refractivity contribution in [3.05, 3.63) is 36.3 Å². The normalized spacial score (nSPS) is 17.9. The molecule has 0 aromatic carbocycles. The third kappa shape index (κ3) is 3.11. The maximum Gasteiger partial charge on any atom is 0.249 e. The van der Waals surface area contributed by atoms with Gasteiger partial charge in [-0.3, -0.25) is 14.5 Å². The minimum atomic E-state index is -0.293. The molecular formula is C15H18N4O2. The molecule has 2 aromatic heterocycles. The minimum Gasteiger partial charge on any atom is -0.368 e. The molecule has 1 saturated heterocycles. The van der Waals surface area contributed by atoms with E-state index in [1.807, 2.05) is 19.2 Å². The molecule has 0 aliphatic carbocycles. The first-order valence-electron chi connectivity index (χ1n) is 7.05. The number of carbonyl (C=O) groups is 1. The molecule has 2 aromatic rings. The Bertz CT molecular complexity index is 632. The van der Waals surface area contributed by atoms with Crippen LogP contribution in [0.2, 0.25) is 0 Å². The van der Waals surface area contributed by atoms with Crippen molar-refractivity contribution in [3.63, 3.8) is 0 Å². The van der Waals surface area contributed by atoms with Gasteiger partial charge in [0.05, 0.1) is 5.69 Å². The Labute approximate surface area is 123 Å². The van der Waals surface area contributed by atoms with E-state index >= 15 is 0 Å². The number of aromatic nitrogens is 3. The Morgan fingerprint density at radius 3 is 3.14 bits per heavy atom. The number of amides is 1. The highest BCUT2D eigenvalue weighted by Gasteiger charge is 2.23. The summed E-state index contributed by atoms with van der Waals surface area (Å²) in [6, 6.07) is 3.95. The van der Waals surface area contributed by atoms with Crippen molar-refractivity contribution in [1.29, 1.82) is 0 Å². The number of pyridine rings is 1. The topological polar surface area (TPSA) is 69.0 Å². The van der Waals surface area contributed by atoms with Crippen molar-refractivity contribution in [2.75, 3.05) is 6.61 Å². The number of ether oxygens (including phenoxy) is 1. The molecule has 0 saturated carbocycles. The fourth-order valence-electron chi connectivity index (χ4n) is 2.47. The summed E-state index contributed by atoms with van der Waals surface area (Å²) in [5, 5.41) is 7.05. The Hall–Kier alpha value is -2.21. The quantitative estimate of drug-likeness (QED) is 0.919. The van der Waals surface area contributed by atoms with E-state index in [-0.39, 0.29) is 12.0 Å². The van der Waals surface area contributed by atoms with Gasteiger partial charge in [-0.2, -0.15) is 5.10 Å². The van der Waals surface area contributed by atoms with Crippen molar-refractivity contribution < 1.29 is 9.53 Å². The fourth-order valence-corrected chi connectivity index (χ4v) is 2.47. The van der Waals surface area contributed by atoms with E-state index in [1.165, 1.54) is 0 Å². The van der Waals surface area contributed by atoms with Gasteiger partial charge in [-0.25, -0.2) is 0 Å². The number of aryl methyl sites for hydroxylation is 1. The monoisotopic (exact) mass is 286 g/mol. The van der Waals surface area contributed by atoms with E-state index in [4.69, 9.17) is 4.74 Å². The van der Waals surface area contributed by atoms with Crippen LogP contribution < -0.4 is 5.32 Å². The Kier molecular flexibility index (Phi) is 3.96. The fraction of sp³-hybridized carbons (Fsp3) is 0.400. The Morgan fingerprint density at radius 1 is 1.52 bits per heavy atom. The molecule has 1 fully saturated rings. The highest BCUT2D eigenvalue weighted by atomic mass is 16.5. The van der Waals surface area contributed by atoms with Crippen LogP contribution in [0.1, 0.15) is 18.4 Å². The largest absolute Gasteiger partial charge is 0.368 e. The lowest BCUT2D eigenvalue weighted by Crippen LogP contribution is -2.33. The summed E-state index contributed by atoms with van der Waals surface area (Å²) in [6.45, 7) is 1.13. The average Bonchev–Trinajstić information content (AvgIpc) is 3.16. The zero-order chi connectivity index (χ0) is 14.7. The summed E-state index contributed by atoms with van der Waals surface area (Å²) in [4.78, 5) is 16.1. The molecule has 0 bridgehead atoms. The maximum atomic E-state index is 11.9.